The third kappa shape index (κ3) is 3.99. The average molecular weight is 404 g/mol. The summed E-state index contributed by atoms with van der Waals surface area (Å²) in [5, 5.41) is 3.10. The zero-order valence-corrected chi connectivity index (χ0v) is 15.7. The van der Waals surface area contributed by atoms with Gasteiger partial charge in [-0.2, -0.15) is 11.8 Å². The highest BCUT2D eigenvalue weighted by molar-refractivity contribution is 9.10. The molecule has 0 bridgehead atoms. The molecule has 2 aromatic carbocycles. The number of nitrogens with one attached hydrogen (secondary N) is 2. The summed E-state index contributed by atoms with van der Waals surface area (Å²) < 4.78 is 0.954. The molecule has 3 rings (SSSR count). The predicted molar refractivity (Wildman–Crippen MR) is 103 cm³/mol. The topological polar surface area (TPSA) is 57.8 Å². The number of hydrogen-bond donors (Lipinski definition) is 2. The summed E-state index contributed by atoms with van der Waals surface area (Å²) in [5.41, 5.74) is 2.54. The van der Waals surface area contributed by atoms with E-state index in [0.717, 1.165) is 33.5 Å². The molecular weight excluding hydrogens is 386 g/mol. The first-order valence-electron chi connectivity index (χ1n) is 7.67. The molecule has 0 saturated carbocycles. The number of aromatic nitrogens is 2. The first kappa shape index (κ1) is 17.0. The normalized spacial score (nSPS) is 12.2. The molecule has 0 aliphatic heterocycles. The van der Waals surface area contributed by atoms with E-state index in [-0.39, 0.29) is 11.9 Å². The number of fused-ring (bicyclic) bond motifs is 1. The van der Waals surface area contributed by atoms with E-state index < -0.39 is 0 Å². The van der Waals surface area contributed by atoms with Crippen molar-refractivity contribution in [1.82, 2.24) is 15.3 Å². The molecule has 0 fully saturated rings. The highest BCUT2D eigenvalue weighted by atomic mass is 79.9. The van der Waals surface area contributed by atoms with Crippen molar-refractivity contribution in [3.8, 4) is 0 Å². The summed E-state index contributed by atoms with van der Waals surface area (Å²) >= 11 is 5.14. The number of rotatable bonds is 6. The van der Waals surface area contributed by atoms with Crippen LogP contribution in [0.15, 0.2) is 53.0 Å². The number of nitrogens with zero attached hydrogens (tertiary/aromatic N) is 1. The van der Waals surface area contributed by atoms with Crippen LogP contribution in [0.25, 0.3) is 11.0 Å². The van der Waals surface area contributed by atoms with Gasteiger partial charge in [-0.3, -0.25) is 4.79 Å². The lowest BCUT2D eigenvalue weighted by atomic mass is 10.1. The standard InChI is InChI=1S/C18H18BrN3OS/c1-24-11-10-16(17-20-14-4-2-3-5-15(14)21-17)22-18(23)12-6-8-13(19)9-7-12/h2-9,16H,10-11H2,1H3,(H,20,21)(H,22,23). The van der Waals surface area contributed by atoms with Crippen LogP contribution in [-0.2, 0) is 0 Å². The van der Waals surface area contributed by atoms with Gasteiger partial charge in [0.1, 0.15) is 5.82 Å². The minimum absolute atomic E-state index is 0.0888. The lowest BCUT2D eigenvalue weighted by Crippen LogP contribution is -2.29. The van der Waals surface area contributed by atoms with Gasteiger partial charge in [0.25, 0.3) is 5.91 Å². The first-order chi connectivity index (χ1) is 11.7. The van der Waals surface area contributed by atoms with Gasteiger partial charge in [0.05, 0.1) is 17.1 Å². The summed E-state index contributed by atoms with van der Waals surface area (Å²) in [6.07, 6.45) is 2.88. The molecule has 0 aliphatic rings. The Labute approximate surface area is 153 Å². The fourth-order valence-electron chi connectivity index (χ4n) is 2.49. The van der Waals surface area contributed by atoms with Gasteiger partial charge in [-0.15, -0.1) is 0 Å². The molecule has 1 amide bonds. The van der Waals surface area contributed by atoms with E-state index in [4.69, 9.17) is 0 Å². The number of halogens is 1. The summed E-state index contributed by atoms with van der Waals surface area (Å²) in [6, 6.07) is 15.1. The second-order valence-electron chi connectivity index (χ2n) is 5.45. The van der Waals surface area contributed by atoms with E-state index in [9.17, 15) is 4.79 Å². The Balaban J connectivity index is 1.83. The van der Waals surface area contributed by atoms with Crippen LogP contribution in [0.1, 0.15) is 28.6 Å². The Bertz CT molecular complexity index is 799. The third-order valence-electron chi connectivity index (χ3n) is 3.76. The monoisotopic (exact) mass is 403 g/mol. The van der Waals surface area contributed by atoms with Crippen molar-refractivity contribution >= 4 is 44.6 Å². The molecule has 3 aromatic rings. The molecule has 1 heterocycles. The van der Waals surface area contributed by atoms with Crippen molar-refractivity contribution in [2.75, 3.05) is 12.0 Å². The minimum atomic E-state index is -0.138. The summed E-state index contributed by atoms with van der Waals surface area (Å²) in [4.78, 5) is 20.5. The SMILES string of the molecule is CSCCC(NC(=O)c1ccc(Br)cc1)c1nc2ccccc2[nH]1. The lowest BCUT2D eigenvalue weighted by molar-refractivity contribution is 0.0934. The van der Waals surface area contributed by atoms with Crippen LogP contribution in [0, 0.1) is 0 Å². The molecule has 2 N–H and O–H groups in total. The number of thioether (sulfide) groups is 1. The van der Waals surface area contributed by atoms with Crippen molar-refractivity contribution in [3.63, 3.8) is 0 Å². The molecule has 1 unspecified atom stereocenters. The van der Waals surface area contributed by atoms with Crippen LogP contribution in [0.5, 0.6) is 0 Å². The van der Waals surface area contributed by atoms with Crippen molar-refractivity contribution in [2.45, 2.75) is 12.5 Å². The zero-order valence-electron chi connectivity index (χ0n) is 13.3. The second-order valence-corrected chi connectivity index (χ2v) is 7.35. The van der Waals surface area contributed by atoms with Gasteiger partial charge in [-0.1, -0.05) is 28.1 Å². The second kappa shape index (κ2) is 7.85. The number of carbonyl (C=O) groups excluding carboxylic acids is 1. The number of H-pyrrole nitrogens is 1. The Morgan fingerprint density at radius 2 is 2.00 bits per heavy atom. The smallest absolute Gasteiger partial charge is 0.251 e. The number of imidazole rings is 1. The van der Waals surface area contributed by atoms with Gasteiger partial charge < -0.3 is 10.3 Å². The summed E-state index contributed by atoms with van der Waals surface area (Å²) in [6.45, 7) is 0. The zero-order chi connectivity index (χ0) is 16.9. The van der Waals surface area contributed by atoms with Gasteiger partial charge in [0.2, 0.25) is 0 Å². The summed E-state index contributed by atoms with van der Waals surface area (Å²) in [7, 11) is 0. The van der Waals surface area contributed by atoms with Gasteiger partial charge in [-0.25, -0.2) is 4.98 Å². The average Bonchev–Trinajstić information content (AvgIpc) is 3.03. The van der Waals surface area contributed by atoms with Crippen molar-refractivity contribution < 1.29 is 4.79 Å². The Hall–Kier alpha value is -1.79. The molecule has 124 valence electrons. The van der Waals surface area contributed by atoms with E-state index in [1.807, 2.05) is 48.5 Å². The molecule has 0 radical (unpaired) electrons. The minimum Gasteiger partial charge on any atom is -0.342 e. The maximum absolute atomic E-state index is 12.5. The quantitative estimate of drug-likeness (QED) is 0.634. The Morgan fingerprint density at radius 3 is 2.71 bits per heavy atom. The molecule has 0 aliphatic carbocycles. The molecule has 0 saturated heterocycles. The lowest BCUT2D eigenvalue weighted by Gasteiger charge is -2.16. The predicted octanol–water partition coefficient (Wildman–Crippen LogP) is 4.55. The Kier molecular flexibility index (Phi) is 5.58. The number of carbonyl (C=O) groups is 1. The van der Waals surface area contributed by atoms with Gasteiger partial charge >= 0.3 is 0 Å². The number of amides is 1. The number of hydrogen-bond acceptors (Lipinski definition) is 3. The van der Waals surface area contributed by atoms with Crippen LogP contribution in [0.4, 0.5) is 0 Å². The van der Waals surface area contributed by atoms with Crippen molar-refractivity contribution in [1.29, 1.82) is 0 Å². The van der Waals surface area contributed by atoms with E-state index >= 15 is 0 Å². The van der Waals surface area contributed by atoms with Gasteiger partial charge in [0, 0.05) is 10.0 Å². The third-order valence-corrected chi connectivity index (χ3v) is 4.93. The van der Waals surface area contributed by atoms with E-state index in [1.54, 1.807) is 11.8 Å². The molecule has 0 spiro atoms. The summed E-state index contributed by atoms with van der Waals surface area (Å²) in [5.74, 6) is 1.66. The first-order valence-corrected chi connectivity index (χ1v) is 9.86. The number of aromatic amines is 1. The molecule has 6 heteroatoms. The van der Waals surface area contributed by atoms with Crippen LogP contribution >= 0.6 is 27.7 Å². The molecular formula is C18H18BrN3OS. The maximum Gasteiger partial charge on any atom is 0.251 e. The van der Waals surface area contributed by atoms with Crippen LogP contribution in [-0.4, -0.2) is 27.9 Å². The molecule has 24 heavy (non-hydrogen) atoms. The van der Waals surface area contributed by atoms with E-state index in [0.29, 0.717) is 5.56 Å². The highest BCUT2D eigenvalue weighted by Gasteiger charge is 2.19. The van der Waals surface area contributed by atoms with Crippen molar-refractivity contribution in [3.05, 3.63) is 64.4 Å². The van der Waals surface area contributed by atoms with Crippen LogP contribution < -0.4 is 5.32 Å². The Morgan fingerprint density at radius 1 is 1.25 bits per heavy atom. The largest absolute Gasteiger partial charge is 0.342 e. The highest BCUT2D eigenvalue weighted by Crippen LogP contribution is 2.21. The van der Waals surface area contributed by atoms with Crippen LogP contribution in [0.3, 0.4) is 0 Å². The maximum atomic E-state index is 12.5. The number of para-hydroxylation sites is 2. The van der Waals surface area contributed by atoms with Gasteiger partial charge in [0.15, 0.2) is 0 Å². The van der Waals surface area contributed by atoms with E-state index in [2.05, 4.69) is 37.5 Å². The van der Waals surface area contributed by atoms with E-state index in [1.165, 1.54) is 0 Å². The molecule has 1 aromatic heterocycles. The fraction of sp³-hybridized carbons (Fsp3) is 0.222. The van der Waals surface area contributed by atoms with Crippen molar-refractivity contribution in [2.24, 2.45) is 0 Å². The van der Waals surface area contributed by atoms with Crippen LogP contribution in [0.2, 0.25) is 0 Å². The number of benzene rings is 2. The van der Waals surface area contributed by atoms with Gasteiger partial charge in [-0.05, 0) is 54.8 Å². The molecule has 1 atom stereocenters. The molecule has 4 nitrogen and oxygen atoms in total. The fourth-order valence-corrected chi connectivity index (χ4v) is 3.23.